The molecule has 2 aliphatic heterocycles. The van der Waals surface area contributed by atoms with E-state index in [0.717, 1.165) is 38.5 Å². The molecule has 2 fully saturated rings. The number of nitrogens with zero attached hydrogens (tertiary/aromatic N) is 4. The number of para-hydroxylation sites is 1. The van der Waals surface area contributed by atoms with Crippen LogP contribution in [-0.4, -0.2) is 64.9 Å². The van der Waals surface area contributed by atoms with Crippen molar-refractivity contribution in [2.75, 3.05) is 43.1 Å². The molecule has 1 aromatic carbocycles. The van der Waals surface area contributed by atoms with Crippen LogP contribution in [0.5, 0.6) is 0 Å². The molecule has 2 atom stereocenters. The molecule has 1 amide bonds. The highest BCUT2D eigenvalue weighted by molar-refractivity contribution is 8.00. The molecule has 10 heteroatoms. The maximum absolute atomic E-state index is 13.9. The van der Waals surface area contributed by atoms with Gasteiger partial charge in [-0.3, -0.25) is 9.36 Å². The van der Waals surface area contributed by atoms with Crippen LogP contribution >= 0.6 is 11.8 Å². The summed E-state index contributed by atoms with van der Waals surface area (Å²) < 4.78 is 27.2. The Morgan fingerprint density at radius 1 is 1.30 bits per heavy atom. The number of carbonyl (C=O) groups is 1. The first-order chi connectivity index (χ1) is 14.6. The molecule has 2 aromatic rings. The Balaban J connectivity index is 1.49. The number of benzene rings is 1. The minimum absolute atomic E-state index is 0.114. The third kappa shape index (κ3) is 4.93. The van der Waals surface area contributed by atoms with Crippen molar-refractivity contribution >= 4 is 29.3 Å². The van der Waals surface area contributed by atoms with Crippen LogP contribution in [0.4, 0.5) is 16.0 Å². The van der Waals surface area contributed by atoms with Gasteiger partial charge in [0.05, 0.1) is 36.8 Å². The van der Waals surface area contributed by atoms with Gasteiger partial charge >= 0.3 is 0 Å². The second kappa shape index (κ2) is 9.76. The van der Waals surface area contributed by atoms with E-state index in [9.17, 15) is 9.18 Å². The maximum Gasteiger partial charge on any atom is 0.237 e. The molecule has 0 unspecified atom stereocenters. The zero-order chi connectivity index (χ0) is 20.9. The third-order valence-corrected chi connectivity index (χ3v) is 6.27. The first kappa shape index (κ1) is 21.1. The lowest BCUT2D eigenvalue weighted by atomic mass is 10.2. The van der Waals surface area contributed by atoms with E-state index >= 15 is 0 Å². The Morgan fingerprint density at radius 3 is 2.83 bits per heavy atom. The molecule has 0 aliphatic carbocycles. The SMILES string of the molecule is C[C@H](Sc1nnc(N2CCOCC2)n1C[C@H]1CCCO1)C(=O)Nc1ccccc1F. The number of rotatable bonds is 7. The Kier molecular flexibility index (Phi) is 6.86. The van der Waals surface area contributed by atoms with Crippen LogP contribution in [0, 0.1) is 5.82 Å². The average molecular weight is 436 g/mol. The molecule has 4 rings (SSSR count). The number of carbonyl (C=O) groups excluding carboxylic acids is 1. The summed E-state index contributed by atoms with van der Waals surface area (Å²) in [5.41, 5.74) is 0.171. The molecule has 30 heavy (non-hydrogen) atoms. The van der Waals surface area contributed by atoms with Gasteiger partial charge < -0.3 is 19.7 Å². The second-order valence-electron chi connectivity index (χ2n) is 7.36. The fourth-order valence-corrected chi connectivity index (χ4v) is 4.38. The van der Waals surface area contributed by atoms with E-state index < -0.39 is 11.1 Å². The van der Waals surface area contributed by atoms with Crippen molar-refractivity contribution in [1.29, 1.82) is 0 Å². The van der Waals surface area contributed by atoms with Crippen molar-refractivity contribution in [3.8, 4) is 0 Å². The van der Waals surface area contributed by atoms with Crippen LogP contribution in [0.15, 0.2) is 29.4 Å². The van der Waals surface area contributed by atoms with Gasteiger partial charge in [0, 0.05) is 19.7 Å². The summed E-state index contributed by atoms with van der Waals surface area (Å²) in [6.45, 7) is 5.98. The summed E-state index contributed by atoms with van der Waals surface area (Å²) >= 11 is 1.31. The quantitative estimate of drug-likeness (QED) is 0.670. The van der Waals surface area contributed by atoms with Gasteiger partial charge in [-0.25, -0.2) is 4.39 Å². The fraction of sp³-hybridized carbons (Fsp3) is 0.550. The molecule has 162 valence electrons. The number of nitrogens with one attached hydrogen (secondary N) is 1. The number of thioether (sulfide) groups is 1. The van der Waals surface area contributed by atoms with Gasteiger partial charge in [-0.05, 0) is 31.9 Å². The number of hydrogen-bond acceptors (Lipinski definition) is 7. The number of ether oxygens (including phenoxy) is 2. The zero-order valence-electron chi connectivity index (χ0n) is 16.9. The van der Waals surface area contributed by atoms with Gasteiger partial charge in [0.2, 0.25) is 11.9 Å². The average Bonchev–Trinajstić information content (AvgIpc) is 3.41. The van der Waals surface area contributed by atoms with Crippen molar-refractivity contribution in [2.24, 2.45) is 0 Å². The van der Waals surface area contributed by atoms with Crippen LogP contribution in [0.2, 0.25) is 0 Å². The number of hydrogen-bond donors (Lipinski definition) is 1. The standard InChI is InChI=1S/C20H26FN5O3S/c1-14(18(27)22-17-7-3-2-6-16(17)21)30-20-24-23-19(25-8-11-28-12-9-25)26(20)13-15-5-4-10-29-15/h2-3,6-7,14-15H,4-5,8-13H2,1H3,(H,22,27)/t14-,15+/m0/s1. The highest BCUT2D eigenvalue weighted by Crippen LogP contribution is 2.29. The highest BCUT2D eigenvalue weighted by atomic mass is 32.2. The molecule has 2 saturated heterocycles. The summed E-state index contributed by atoms with van der Waals surface area (Å²) in [5, 5.41) is 11.6. The fourth-order valence-electron chi connectivity index (χ4n) is 3.53. The van der Waals surface area contributed by atoms with Crippen LogP contribution in [-0.2, 0) is 20.8 Å². The summed E-state index contributed by atoms with van der Waals surface area (Å²) in [5.74, 6) is 0.0295. The van der Waals surface area contributed by atoms with Gasteiger partial charge in [-0.2, -0.15) is 0 Å². The predicted octanol–water partition coefficient (Wildman–Crippen LogP) is 2.55. The molecule has 3 heterocycles. The minimum atomic E-state index is -0.477. The number of morpholine rings is 1. The van der Waals surface area contributed by atoms with E-state index in [4.69, 9.17) is 9.47 Å². The molecular weight excluding hydrogens is 409 g/mol. The monoisotopic (exact) mass is 435 g/mol. The first-order valence-corrected chi connectivity index (χ1v) is 11.1. The second-order valence-corrected chi connectivity index (χ2v) is 8.66. The van der Waals surface area contributed by atoms with E-state index in [0.29, 0.717) is 24.9 Å². The van der Waals surface area contributed by atoms with E-state index in [-0.39, 0.29) is 17.7 Å². The van der Waals surface area contributed by atoms with Crippen molar-refractivity contribution < 1.29 is 18.7 Å². The Bertz CT molecular complexity index is 868. The molecule has 1 N–H and O–H groups in total. The largest absolute Gasteiger partial charge is 0.378 e. The Hall–Kier alpha value is -2.17. The lowest BCUT2D eigenvalue weighted by Crippen LogP contribution is -2.38. The van der Waals surface area contributed by atoms with Crippen LogP contribution in [0.25, 0.3) is 0 Å². The van der Waals surface area contributed by atoms with Crippen molar-refractivity contribution in [3.05, 3.63) is 30.1 Å². The lowest BCUT2D eigenvalue weighted by Gasteiger charge is -2.28. The summed E-state index contributed by atoms with van der Waals surface area (Å²) in [6, 6.07) is 6.13. The van der Waals surface area contributed by atoms with Gasteiger partial charge in [-0.15, -0.1) is 10.2 Å². The van der Waals surface area contributed by atoms with E-state index in [2.05, 4.69) is 20.4 Å². The number of anilines is 2. The summed E-state index contributed by atoms with van der Waals surface area (Å²) in [6.07, 6.45) is 2.15. The minimum Gasteiger partial charge on any atom is -0.378 e. The van der Waals surface area contributed by atoms with E-state index in [1.807, 2.05) is 4.57 Å². The van der Waals surface area contributed by atoms with Crippen LogP contribution in [0.3, 0.4) is 0 Å². The predicted molar refractivity (Wildman–Crippen MR) is 112 cm³/mol. The summed E-state index contributed by atoms with van der Waals surface area (Å²) in [7, 11) is 0. The maximum atomic E-state index is 13.9. The zero-order valence-corrected chi connectivity index (χ0v) is 17.7. The highest BCUT2D eigenvalue weighted by Gasteiger charge is 2.27. The normalized spacial score (nSPS) is 20.3. The summed E-state index contributed by atoms with van der Waals surface area (Å²) in [4.78, 5) is 14.8. The Morgan fingerprint density at radius 2 is 2.10 bits per heavy atom. The number of amides is 1. The van der Waals surface area contributed by atoms with E-state index in [1.54, 1.807) is 25.1 Å². The number of halogens is 1. The molecule has 1 aromatic heterocycles. The molecule has 8 nitrogen and oxygen atoms in total. The van der Waals surface area contributed by atoms with Gasteiger partial charge in [-0.1, -0.05) is 23.9 Å². The van der Waals surface area contributed by atoms with Gasteiger partial charge in [0.1, 0.15) is 5.82 Å². The smallest absolute Gasteiger partial charge is 0.237 e. The number of aromatic nitrogens is 3. The molecule has 0 spiro atoms. The molecule has 0 bridgehead atoms. The van der Waals surface area contributed by atoms with Crippen molar-refractivity contribution in [1.82, 2.24) is 14.8 Å². The van der Waals surface area contributed by atoms with Crippen molar-refractivity contribution in [2.45, 2.75) is 42.8 Å². The van der Waals surface area contributed by atoms with E-state index in [1.165, 1.54) is 17.8 Å². The molecule has 0 saturated carbocycles. The van der Waals surface area contributed by atoms with Gasteiger partial charge in [0.15, 0.2) is 5.16 Å². The van der Waals surface area contributed by atoms with Crippen LogP contribution in [0.1, 0.15) is 19.8 Å². The first-order valence-electron chi connectivity index (χ1n) is 10.2. The topological polar surface area (TPSA) is 81.5 Å². The van der Waals surface area contributed by atoms with Crippen LogP contribution < -0.4 is 10.2 Å². The lowest BCUT2D eigenvalue weighted by molar-refractivity contribution is -0.115. The molecular formula is C20H26FN5O3S. The third-order valence-electron chi connectivity index (χ3n) is 5.18. The molecule has 2 aliphatic rings. The van der Waals surface area contributed by atoms with Gasteiger partial charge in [0.25, 0.3) is 0 Å². The molecule has 0 radical (unpaired) electrons. The Labute approximate surface area is 179 Å². The van der Waals surface area contributed by atoms with Crippen molar-refractivity contribution in [3.63, 3.8) is 0 Å².